The summed E-state index contributed by atoms with van der Waals surface area (Å²) in [6.07, 6.45) is 4.13. The molecular formula is C24H27Cl2N5O4S. The van der Waals surface area contributed by atoms with Crippen LogP contribution in [0.3, 0.4) is 0 Å². The lowest BCUT2D eigenvalue weighted by atomic mass is 9.90. The molecule has 12 heteroatoms. The van der Waals surface area contributed by atoms with Crippen molar-refractivity contribution in [2.45, 2.75) is 50.7 Å². The lowest BCUT2D eigenvalue weighted by molar-refractivity contribution is -0.138. The second-order valence-corrected chi connectivity index (χ2v) is 10.6. The number of thiazole rings is 1. The minimum atomic E-state index is -0.863. The van der Waals surface area contributed by atoms with Crippen LogP contribution in [0.4, 0.5) is 0 Å². The van der Waals surface area contributed by atoms with Crippen LogP contribution in [-0.2, 0) is 17.8 Å². The second-order valence-electron chi connectivity index (χ2n) is 9.10. The van der Waals surface area contributed by atoms with Crippen LogP contribution in [0.1, 0.15) is 56.5 Å². The number of nitrogens with zero attached hydrogens (tertiary/aromatic N) is 2. The zero-order valence-corrected chi connectivity index (χ0v) is 21.8. The summed E-state index contributed by atoms with van der Waals surface area (Å²) in [5.41, 5.74) is 2.16. The number of hydrogen-bond acceptors (Lipinski definition) is 6. The number of halogens is 2. The second kappa shape index (κ2) is 11.2. The van der Waals surface area contributed by atoms with Crippen LogP contribution < -0.4 is 10.6 Å². The van der Waals surface area contributed by atoms with Crippen molar-refractivity contribution in [2.75, 3.05) is 13.1 Å². The molecule has 2 unspecified atom stereocenters. The normalized spacial score (nSPS) is 19.8. The Labute approximate surface area is 223 Å². The number of aromatic amines is 1. The maximum absolute atomic E-state index is 13.0. The predicted octanol–water partition coefficient (Wildman–Crippen LogP) is 3.61. The molecule has 1 aromatic carbocycles. The zero-order valence-electron chi connectivity index (χ0n) is 19.4. The molecule has 5 rings (SSSR count). The van der Waals surface area contributed by atoms with Gasteiger partial charge >= 0.3 is 5.97 Å². The first-order valence-electron chi connectivity index (χ1n) is 11.7. The summed E-state index contributed by atoms with van der Waals surface area (Å²) in [4.78, 5) is 47.5. The number of nitrogens with one attached hydrogen (secondary N) is 3. The Morgan fingerprint density at radius 2 is 1.86 bits per heavy atom. The number of H-pyrrole nitrogens is 1. The van der Waals surface area contributed by atoms with E-state index in [1.165, 1.54) is 11.3 Å². The Balaban J connectivity index is 0.00000304. The van der Waals surface area contributed by atoms with Crippen molar-refractivity contribution in [1.29, 1.82) is 0 Å². The van der Waals surface area contributed by atoms with Gasteiger partial charge in [0.1, 0.15) is 5.69 Å². The Hall–Kier alpha value is -2.66. The van der Waals surface area contributed by atoms with Gasteiger partial charge in [-0.05, 0) is 37.1 Å². The molecule has 9 nitrogen and oxygen atoms in total. The molecule has 192 valence electrons. The molecule has 2 aromatic heterocycles. The molecule has 2 amide bonds. The largest absolute Gasteiger partial charge is 0.480 e. The maximum Gasteiger partial charge on any atom is 0.317 e. The number of carboxylic acids is 1. The van der Waals surface area contributed by atoms with E-state index in [0.717, 1.165) is 47.2 Å². The van der Waals surface area contributed by atoms with Gasteiger partial charge in [0.05, 0.1) is 12.2 Å². The number of carboxylic acid groups (broad SMARTS) is 1. The number of carbonyl (C=O) groups is 3. The van der Waals surface area contributed by atoms with Crippen LogP contribution in [-0.4, -0.2) is 62.9 Å². The van der Waals surface area contributed by atoms with E-state index in [1.54, 1.807) is 12.1 Å². The highest BCUT2D eigenvalue weighted by Crippen LogP contribution is 2.26. The lowest BCUT2D eigenvalue weighted by Gasteiger charge is -2.32. The summed E-state index contributed by atoms with van der Waals surface area (Å²) < 4.78 is 0. The average Bonchev–Trinajstić information content (AvgIpc) is 3.43. The number of fused-ring (bicyclic) bond motifs is 2. The molecule has 4 N–H and O–H groups in total. The highest BCUT2D eigenvalue weighted by atomic mass is 35.5. The van der Waals surface area contributed by atoms with Gasteiger partial charge in [-0.15, -0.1) is 23.7 Å². The number of hydrogen-bond donors (Lipinski definition) is 4. The Kier molecular flexibility index (Phi) is 8.19. The molecule has 1 saturated carbocycles. The predicted molar refractivity (Wildman–Crippen MR) is 140 cm³/mol. The summed E-state index contributed by atoms with van der Waals surface area (Å²) in [6, 6.07) is 6.82. The quantitative estimate of drug-likeness (QED) is 0.370. The van der Waals surface area contributed by atoms with Crippen molar-refractivity contribution in [2.24, 2.45) is 0 Å². The lowest BCUT2D eigenvalue weighted by Crippen LogP contribution is -2.53. The van der Waals surface area contributed by atoms with Gasteiger partial charge in [0.25, 0.3) is 11.8 Å². The third-order valence-corrected chi connectivity index (χ3v) is 7.91. The van der Waals surface area contributed by atoms with Crippen molar-refractivity contribution in [3.63, 3.8) is 0 Å². The fourth-order valence-electron chi connectivity index (χ4n) is 4.85. The van der Waals surface area contributed by atoms with Gasteiger partial charge in [-0.3, -0.25) is 19.3 Å². The fraction of sp³-hybridized carbons (Fsp3) is 0.417. The third-order valence-electron chi connectivity index (χ3n) is 6.59. The number of carbonyl (C=O) groups excluding carboxylic acids is 2. The van der Waals surface area contributed by atoms with E-state index in [4.69, 9.17) is 16.7 Å². The van der Waals surface area contributed by atoms with Gasteiger partial charge in [-0.1, -0.05) is 24.4 Å². The van der Waals surface area contributed by atoms with Gasteiger partial charge in [0.2, 0.25) is 0 Å². The highest BCUT2D eigenvalue weighted by molar-refractivity contribution is 7.13. The van der Waals surface area contributed by atoms with Gasteiger partial charge in [0.15, 0.2) is 5.01 Å². The van der Waals surface area contributed by atoms with Crippen LogP contribution in [0.25, 0.3) is 10.9 Å². The first kappa shape index (κ1) is 26.4. The minimum absolute atomic E-state index is 0. The highest BCUT2D eigenvalue weighted by Gasteiger charge is 2.30. The smallest absolute Gasteiger partial charge is 0.317 e. The molecule has 36 heavy (non-hydrogen) atoms. The Morgan fingerprint density at radius 1 is 1.14 bits per heavy atom. The van der Waals surface area contributed by atoms with E-state index in [0.29, 0.717) is 35.2 Å². The summed E-state index contributed by atoms with van der Waals surface area (Å²) in [5, 5.41) is 17.1. The molecule has 2 aliphatic rings. The zero-order chi connectivity index (χ0) is 24.5. The van der Waals surface area contributed by atoms with Crippen LogP contribution in [0.5, 0.6) is 0 Å². The molecule has 2 atom stereocenters. The van der Waals surface area contributed by atoms with Crippen molar-refractivity contribution in [3.8, 4) is 0 Å². The van der Waals surface area contributed by atoms with Crippen molar-refractivity contribution in [3.05, 3.63) is 50.6 Å². The fourth-order valence-corrected chi connectivity index (χ4v) is 6.08. The van der Waals surface area contributed by atoms with E-state index >= 15 is 0 Å². The molecule has 0 spiro atoms. The number of amides is 2. The van der Waals surface area contributed by atoms with Crippen molar-refractivity contribution in [1.82, 2.24) is 25.5 Å². The number of aliphatic carboxylic acids is 1. The SMILES string of the molecule is Cl.O=C(O)CN1CCc2nc(C(=O)NC3CCCCC3NC(=O)c3cc4cc(Cl)ccc4[nH]3)sc2C1. The van der Waals surface area contributed by atoms with E-state index in [-0.39, 0.29) is 42.8 Å². The van der Waals surface area contributed by atoms with Crippen molar-refractivity contribution >= 4 is 64.0 Å². The van der Waals surface area contributed by atoms with Gasteiger partial charge < -0.3 is 20.7 Å². The minimum Gasteiger partial charge on any atom is -0.480 e. The van der Waals surface area contributed by atoms with Crippen LogP contribution >= 0.6 is 35.3 Å². The molecule has 1 fully saturated rings. The first-order valence-corrected chi connectivity index (χ1v) is 12.9. The number of rotatable bonds is 6. The summed E-state index contributed by atoms with van der Waals surface area (Å²) in [6.45, 7) is 1.08. The summed E-state index contributed by atoms with van der Waals surface area (Å²) in [5.74, 6) is -1.33. The average molecular weight is 552 g/mol. The monoisotopic (exact) mass is 551 g/mol. The van der Waals surface area contributed by atoms with E-state index in [1.807, 2.05) is 17.0 Å². The van der Waals surface area contributed by atoms with Crippen LogP contribution in [0.2, 0.25) is 5.02 Å². The van der Waals surface area contributed by atoms with Gasteiger partial charge in [-0.25, -0.2) is 4.98 Å². The van der Waals surface area contributed by atoms with E-state index in [2.05, 4.69) is 20.6 Å². The molecule has 3 aromatic rings. The Morgan fingerprint density at radius 3 is 2.58 bits per heavy atom. The van der Waals surface area contributed by atoms with Gasteiger partial charge in [-0.2, -0.15) is 0 Å². The van der Waals surface area contributed by atoms with Gasteiger partial charge in [0, 0.05) is 52.4 Å². The summed E-state index contributed by atoms with van der Waals surface area (Å²) in [7, 11) is 0. The summed E-state index contributed by atoms with van der Waals surface area (Å²) >= 11 is 7.37. The molecule has 0 bridgehead atoms. The standard InChI is InChI=1S/C24H26ClN5O4S.ClH/c25-14-5-6-15-13(9-14)10-19(26-15)22(33)27-16-3-1-2-4-17(16)28-23(34)24-29-18-7-8-30(12-21(31)32)11-20(18)35-24;/h5-6,9-10,16-17,26H,1-4,7-8,11-12H2,(H,27,33)(H,28,34)(H,31,32);1H. The first-order chi connectivity index (χ1) is 16.9. The van der Waals surface area contributed by atoms with Crippen LogP contribution in [0.15, 0.2) is 24.3 Å². The molecule has 3 heterocycles. The van der Waals surface area contributed by atoms with Crippen molar-refractivity contribution < 1.29 is 19.5 Å². The van der Waals surface area contributed by atoms with E-state index < -0.39 is 5.97 Å². The molecular weight excluding hydrogens is 525 g/mol. The maximum atomic E-state index is 13.0. The molecule has 0 radical (unpaired) electrons. The topological polar surface area (TPSA) is 127 Å². The number of benzene rings is 1. The Bertz CT molecular complexity index is 1290. The molecule has 1 aliphatic carbocycles. The van der Waals surface area contributed by atoms with Crippen LogP contribution in [0, 0.1) is 0 Å². The molecule has 0 saturated heterocycles. The number of aromatic nitrogens is 2. The molecule has 1 aliphatic heterocycles. The van der Waals surface area contributed by atoms with E-state index in [9.17, 15) is 14.4 Å². The third kappa shape index (κ3) is 5.83.